The Hall–Kier alpha value is -2.47. The summed E-state index contributed by atoms with van der Waals surface area (Å²) in [5.74, 6) is 0.00430. The number of amides is 1. The fourth-order valence-corrected chi connectivity index (χ4v) is 7.23. The lowest BCUT2D eigenvalue weighted by Gasteiger charge is -2.29. The van der Waals surface area contributed by atoms with Crippen LogP contribution in [0, 0.1) is 0 Å². The fourth-order valence-electron chi connectivity index (χ4n) is 4.08. The Labute approximate surface area is 193 Å². The molecule has 0 saturated carbocycles. The van der Waals surface area contributed by atoms with Gasteiger partial charge in [-0.15, -0.1) is 0 Å². The summed E-state index contributed by atoms with van der Waals surface area (Å²) in [4.78, 5) is 15.1. The first-order valence-electron chi connectivity index (χ1n) is 10.6. The molecule has 0 unspecified atom stereocenters. The number of ether oxygens (including phenoxy) is 2. The summed E-state index contributed by atoms with van der Waals surface area (Å²) in [6.45, 7) is 1.13. The first kappa shape index (κ1) is 23.7. The van der Waals surface area contributed by atoms with E-state index in [1.165, 1.54) is 34.5 Å². The summed E-state index contributed by atoms with van der Waals surface area (Å²) < 4.78 is 62.2. The summed E-state index contributed by atoms with van der Waals surface area (Å²) in [5.41, 5.74) is 0.689. The minimum Gasteiger partial charge on any atom is -0.497 e. The number of carbonyl (C=O) groups excluding carboxylic acids is 1. The van der Waals surface area contributed by atoms with E-state index in [4.69, 9.17) is 9.47 Å². The highest BCUT2D eigenvalue weighted by atomic mass is 32.2. The standard InChI is InChI=1S/C22H26N2O7S2/c1-30-20-7-5-18(6-8-20)24(19-9-14-32(26,27)16-19)22(25)17-3-2-4-21(15-17)33(28,29)23-10-12-31-13-11-23/h2-8,15,19H,9-14,16H2,1H3/t19-/m0/s1. The van der Waals surface area contributed by atoms with E-state index in [-0.39, 0.29) is 35.1 Å². The number of methoxy groups -OCH3 is 1. The van der Waals surface area contributed by atoms with Gasteiger partial charge in [0.15, 0.2) is 9.84 Å². The molecular formula is C22H26N2O7S2. The number of benzene rings is 2. The molecule has 4 rings (SSSR count). The molecule has 33 heavy (non-hydrogen) atoms. The van der Waals surface area contributed by atoms with E-state index >= 15 is 0 Å². The average molecular weight is 495 g/mol. The molecule has 0 aromatic heterocycles. The number of rotatable bonds is 6. The summed E-state index contributed by atoms with van der Waals surface area (Å²) in [6, 6.07) is 12.1. The summed E-state index contributed by atoms with van der Waals surface area (Å²) in [7, 11) is -5.51. The maximum absolute atomic E-state index is 13.6. The highest BCUT2D eigenvalue weighted by molar-refractivity contribution is 7.91. The van der Waals surface area contributed by atoms with E-state index in [0.29, 0.717) is 31.1 Å². The maximum atomic E-state index is 13.6. The van der Waals surface area contributed by atoms with Crippen LogP contribution in [0.4, 0.5) is 5.69 Å². The van der Waals surface area contributed by atoms with E-state index in [2.05, 4.69) is 0 Å². The molecule has 2 aliphatic heterocycles. The Morgan fingerprint density at radius 3 is 2.42 bits per heavy atom. The van der Waals surface area contributed by atoms with Crippen molar-refractivity contribution in [1.82, 2.24) is 4.31 Å². The Morgan fingerprint density at radius 1 is 1.12 bits per heavy atom. The van der Waals surface area contributed by atoms with Crippen LogP contribution in [0.5, 0.6) is 5.75 Å². The fraction of sp³-hybridized carbons (Fsp3) is 0.409. The number of carbonyl (C=O) groups is 1. The Balaban J connectivity index is 1.69. The molecule has 2 saturated heterocycles. The molecule has 1 atom stereocenters. The average Bonchev–Trinajstić information content (AvgIpc) is 3.19. The quantitative estimate of drug-likeness (QED) is 0.599. The molecule has 178 valence electrons. The molecule has 9 nitrogen and oxygen atoms in total. The molecule has 0 aliphatic carbocycles. The third-order valence-electron chi connectivity index (χ3n) is 5.83. The van der Waals surface area contributed by atoms with Crippen LogP contribution in [0.15, 0.2) is 53.4 Å². The van der Waals surface area contributed by atoms with Crippen molar-refractivity contribution in [3.63, 3.8) is 0 Å². The van der Waals surface area contributed by atoms with Gasteiger partial charge in [0.25, 0.3) is 5.91 Å². The first-order valence-corrected chi connectivity index (χ1v) is 13.8. The van der Waals surface area contributed by atoms with Crippen molar-refractivity contribution in [2.24, 2.45) is 0 Å². The predicted molar refractivity (Wildman–Crippen MR) is 123 cm³/mol. The lowest BCUT2D eigenvalue weighted by molar-refractivity contribution is 0.0730. The highest BCUT2D eigenvalue weighted by Crippen LogP contribution is 2.29. The van der Waals surface area contributed by atoms with Crippen LogP contribution in [0.3, 0.4) is 0 Å². The topological polar surface area (TPSA) is 110 Å². The van der Waals surface area contributed by atoms with Crippen LogP contribution in [0.2, 0.25) is 0 Å². The van der Waals surface area contributed by atoms with Crippen molar-refractivity contribution < 1.29 is 31.1 Å². The third-order valence-corrected chi connectivity index (χ3v) is 9.48. The summed E-state index contributed by atoms with van der Waals surface area (Å²) in [6.07, 6.45) is 0.311. The van der Waals surface area contributed by atoms with Gasteiger partial charge in [-0.2, -0.15) is 4.31 Å². The van der Waals surface area contributed by atoms with E-state index in [9.17, 15) is 21.6 Å². The third kappa shape index (κ3) is 5.06. The number of morpholine rings is 1. The maximum Gasteiger partial charge on any atom is 0.258 e. The number of hydrogen-bond donors (Lipinski definition) is 0. The van der Waals surface area contributed by atoms with Gasteiger partial charge < -0.3 is 14.4 Å². The molecule has 2 heterocycles. The Bertz CT molecular complexity index is 1220. The SMILES string of the molecule is COc1ccc(N(C(=O)c2cccc(S(=O)(=O)N3CCOCC3)c2)[C@H]2CCS(=O)(=O)C2)cc1. The number of hydrogen-bond acceptors (Lipinski definition) is 7. The molecule has 0 N–H and O–H groups in total. The van der Waals surface area contributed by atoms with Crippen molar-refractivity contribution in [1.29, 1.82) is 0 Å². The van der Waals surface area contributed by atoms with Crippen molar-refractivity contribution in [3.8, 4) is 5.75 Å². The van der Waals surface area contributed by atoms with Gasteiger partial charge >= 0.3 is 0 Å². The largest absolute Gasteiger partial charge is 0.497 e. The molecule has 0 radical (unpaired) electrons. The molecule has 2 aromatic rings. The van der Waals surface area contributed by atoms with E-state index in [0.717, 1.165) is 0 Å². The van der Waals surface area contributed by atoms with E-state index in [1.54, 1.807) is 30.3 Å². The van der Waals surface area contributed by atoms with Gasteiger partial charge in [-0.1, -0.05) is 6.07 Å². The van der Waals surface area contributed by atoms with Crippen LogP contribution >= 0.6 is 0 Å². The molecule has 2 fully saturated rings. The molecule has 1 amide bonds. The molecule has 2 aliphatic rings. The normalized spacial score (nSPS) is 20.9. The number of sulfonamides is 1. The Kier molecular flexibility index (Phi) is 6.76. The molecule has 0 bridgehead atoms. The second kappa shape index (κ2) is 9.41. The minimum absolute atomic E-state index is 0.00303. The second-order valence-electron chi connectivity index (χ2n) is 7.97. The van der Waals surface area contributed by atoms with Gasteiger partial charge in [0.05, 0.1) is 42.8 Å². The molecular weight excluding hydrogens is 468 g/mol. The van der Waals surface area contributed by atoms with Gasteiger partial charge in [-0.3, -0.25) is 4.79 Å². The van der Waals surface area contributed by atoms with Crippen molar-refractivity contribution in [3.05, 3.63) is 54.1 Å². The van der Waals surface area contributed by atoms with E-state index in [1.807, 2.05) is 0 Å². The van der Waals surface area contributed by atoms with Gasteiger partial charge in [0.1, 0.15) is 5.75 Å². The molecule has 2 aromatic carbocycles. The first-order chi connectivity index (χ1) is 15.7. The van der Waals surface area contributed by atoms with Crippen molar-refractivity contribution in [2.45, 2.75) is 17.4 Å². The van der Waals surface area contributed by atoms with Gasteiger partial charge in [-0.25, -0.2) is 16.8 Å². The second-order valence-corrected chi connectivity index (χ2v) is 12.1. The number of sulfone groups is 1. The van der Waals surface area contributed by atoms with Crippen molar-refractivity contribution in [2.75, 3.05) is 49.8 Å². The predicted octanol–water partition coefficient (Wildman–Crippen LogP) is 1.55. The zero-order valence-electron chi connectivity index (χ0n) is 18.2. The van der Waals surface area contributed by atoms with Crippen LogP contribution in [0.1, 0.15) is 16.8 Å². The minimum atomic E-state index is -3.78. The number of anilines is 1. The van der Waals surface area contributed by atoms with Crippen LogP contribution < -0.4 is 9.64 Å². The monoisotopic (exact) mass is 494 g/mol. The van der Waals surface area contributed by atoms with Crippen LogP contribution in [-0.2, 0) is 24.6 Å². The Morgan fingerprint density at radius 2 is 1.82 bits per heavy atom. The molecule has 11 heteroatoms. The van der Waals surface area contributed by atoms with Crippen LogP contribution in [0.25, 0.3) is 0 Å². The zero-order valence-corrected chi connectivity index (χ0v) is 19.8. The van der Waals surface area contributed by atoms with Gasteiger partial charge in [-0.05, 0) is 48.9 Å². The molecule has 0 spiro atoms. The highest BCUT2D eigenvalue weighted by Gasteiger charge is 2.36. The lowest BCUT2D eigenvalue weighted by atomic mass is 10.1. The zero-order chi connectivity index (χ0) is 23.6. The lowest BCUT2D eigenvalue weighted by Crippen LogP contribution is -2.42. The number of nitrogens with zero attached hydrogens (tertiary/aromatic N) is 2. The van der Waals surface area contributed by atoms with Gasteiger partial charge in [0, 0.05) is 24.3 Å². The smallest absolute Gasteiger partial charge is 0.258 e. The van der Waals surface area contributed by atoms with Crippen molar-refractivity contribution >= 4 is 31.5 Å². The summed E-state index contributed by atoms with van der Waals surface area (Å²) in [5, 5.41) is 0. The van der Waals surface area contributed by atoms with Crippen LogP contribution in [-0.4, -0.2) is 78.0 Å². The van der Waals surface area contributed by atoms with E-state index < -0.39 is 31.8 Å². The van der Waals surface area contributed by atoms with Gasteiger partial charge in [0.2, 0.25) is 10.0 Å². The summed E-state index contributed by atoms with van der Waals surface area (Å²) >= 11 is 0.